The van der Waals surface area contributed by atoms with E-state index in [4.69, 9.17) is 0 Å². The number of carbonyl (C=O) groups excluding carboxylic acids is 2. The van der Waals surface area contributed by atoms with Gasteiger partial charge >= 0.3 is 0 Å². The molecule has 2 aliphatic rings. The third kappa shape index (κ3) is 2.66. The lowest BCUT2D eigenvalue weighted by molar-refractivity contribution is -0.137. The average molecular weight is 358 g/mol. The predicted octanol–water partition coefficient (Wildman–Crippen LogP) is 2.26. The maximum atomic E-state index is 14.7. The first kappa shape index (κ1) is 17.0. The van der Waals surface area contributed by atoms with Gasteiger partial charge in [0, 0.05) is 38.8 Å². The van der Waals surface area contributed by atoms with Crippen LogP contribution in [0.15, 0.2) is 18.2 Å². The number of piperidine rings is 2. The number of hydrogen-bond donors (Lipinski definition) is 0. The molecule has 2 saturated heterocycles. The van der Waals surface area contributed by atoms with Gasteiger partial charge in [0.1, 0.15) is 5.65 Å². The molecule has 2 aliphatic heterocycles. The fourth-order valence-corrected chi connectivity index (χ4v) is 4.32. The van der Waals surface area contributed by atoms with Crippen molar-refractivity contribution in [1.29, 1.82) is 0 Å². The van der Waals surface area contributed by atoms with Crippen LogP contribution in [0, 0.1) is 18.3 Å². The number of nitrogens with zero attached hydrogens (tertiary/aromatic N) is 4. The maximum absolute atomic E-state index is 14.7. The first-order chi connectivity index (χ1) is 12.4. The van der Waals surface area contributed by atoms with Gasteiger partial charge in [0.15, 0.2) is 5.69 Å². The smallest absolute Gasteiger partial charge is 0.277 e. The van der Waals surface area contributed by atoms with Gasteiger partial charge in [-0.1, -0.05) is 6.07 Å². The van der Waals surface area contributed by atoms with Crippen LogP contribution in [0.4, 0.5) is 4.39 Å². The normalized spacial score (nSPS) is 20.2. The lowest BCUT2D eigenvalue weighted by Gasteiger charge is -2.46. The van der Waals surface area contributed by atoms with Crippen molar-refractivity contribution in [3.05, 3.63) is 35.5 Å². The second-order valence-corrected chi connectivity index (χ2v) is 7.65. The van der Waals surface area contributed by atoms with Crippen LogP contribution in [-0.2, 0) is 4.79 Å². The molecule has 4 rings (SSSR count). The van der Waals surface area contributed by atoms with Gasteiger partial charge in [-0.3, -0.25) is 14.0 Å². The van der Waals surface area contributed by atoms with Crippen molar-refractivity contribution >= 4 is 17.5 Å². The number of carbonyl (C=O) groups is 2. The Labute approximate surface area is 151 Å². The van der Waals surface area contributed by atoms with E-state index in [1.807, 2.05) is 7.05 Å². The van der Waals surface area contributed by atoms with Crippen molar-refractivity contribution < 1.29 is 14.0 Å². The molecule has 2 amide bonds. The molecule has 0 aromatic carbocycles. The number of aryl methyl sites for hydroxylation is 1. The molecule has 2 aromatic heterocycles. The zero-order valence-electron chi connectivity index (χ0n) is 15.2. The van der Waals surface area contributed by atoms with Crippen LogP contribution in [0.3, 0.4) is 0 Å². The van der Waals surface area contributed by atoms with Crippen LogP contribution < -0.4 is 0 Å². The summed E-state index contributed by atoms with van der Waals surface area (Å²) < 4.78 is 16.1. The molecule has 0 radical (unpaired) electrons. The lowest BCUT2D eigenvalue weighted by atomic mass is 9.72. The number of pyridine rings is 1. The highest BCUT2D eigenvalue weighted by Crippen LogP contribution is 2.40. The van der Waals surface area contributed by atoms with E-state index >= 15 is 0 Å². The zero-order chi connectivity index (χ0) is 18.5. The first-order valence-electron chi connectivity index (χ1n) is 9.07. The third-order valence-corrected chi connectivity index (χ3v) is 5.96. The van der Waals surface area contributed by atoms with E-state index in [1.165, 1.54) is 4.40 Å². The van der Waals surface area contributed by atoms with Crippen LogP contribution in [0.2, 0.25) is 0 Å². The number of aromatic nitrogens is 2. The molecule has 2 aromatic rings. The van der Waals surface area contributed by atoms with Crippen molar-refractivity contribution in [2.45, 2.75) is 32.6 Å². The molecular weight excluding hydrogens is 335 g/mol. The summed E-state index contributed by atoms with van der Waals surface area (Å²) in [5, 5.41) is 0. The SMILES string of the molecule is Cc1cccc2nc(C(=O)N3CCC4(CCC(=O)N(C)C4)CC3)c(F)n12. The summed E-state index contributed by atoms with van der Waals surface area (Å²) in [7, 11) is 1.84. The number of amides is 2. The molecule has 4 heterocycles. The molecule has 7 heteroatoms. The first-order valence-corrected chi connectivity index (χ1v) is 9.07. The fourth-order valence-electron chi connectivity index (χ4n) is 4.32. The third-order valence-electron chi connectivity index (χ3n) is 5.96. The molecule has 0 N–H and O–H groups in total. The van der Waals surface area contributed by atoms with Crippen LogP contribution >= 0.6 is 0 Å². The molecule has 2 fully saturated rings. The molecular formula is C19H23FN4O2. The monoisotopic (exact) mass is 358 g/mol. The predicted molar refractivity (Wildman–Crippen MR) is 94.3 cm³/mol. The fraction of sp³-hybridized carbons (Fsp3) is 0.526. The zero-order valence-corrected chi connectivity index (χ0v) is 15.2. The quantitative estimate of drug-likeness (QED) is 0.786. The van der Waals surface area contributed by atoms with Crippen molar-refractivity contribution in [2.75, 3.05) is 26.7 Å². The number of imidazole rings is 1. The lowest BCUT2D eigenvalue weighted by Crippen LogP contribution is -2.51. The average Bonchev–Trinajstić information content (AvgIpc) is 2.97. The summed E-state index contributed by atoms with van der Waals surface area (Å²) >= 11 is 0. The van der Waals surface area contributed by atoms with Crippen LogP contribution in [0.1, 0.15) is 41.9 Å². The van der Waals surface area contributed by atoms with Crippen LogP contribution in [0.25, 0.3) is 5.65 Å². The molecule has 0 unspecified atom stereocenters. The summed E-state index contributed by atoms with van der Waals surface area (Å²) in [6.07, 6.45) is 3.12. The molecule has 0 aliphatic carbocycles. The van der Waals surface area contributed by atoms with Gasteiger partial charge in [-0.2, -0.15) is 4.39 Å². The Morgan fingerprint density at radius 1 is 1.23 bits per heavy atom. The van der Waals surface area contributed by atoms with Crippen molar-refractivity contribution in [3.8, 4) is 0 Å². The molecule has 1 spiro atoms. The Morgan fingerprint density at radius 3 is 2.62 bits per heavy atom. The van der Waals surface area contributed by atoms with E-state index in [0.29, 0.717) is 30.9 Å². The van der Waals surface area contributed by atoms with Gasteiger partial charge < -0.3 is 9.80 Å². The standard InChI is InChI=1S/C19H23FN4O2/c1-13-4-3-5-14-21-16(17(20)24(13)14)18(26)23-10-8-19(9-11-23)7-6-15(25)22(2)12-19/h3-5H,6-12H2,1-2H3. The Morgan fingerprint density at radius 2 is 1.96 bits per heavy atom. The Kier molecular flexibility index (Phi) is 3.97. The minimum absolute atomic E-state index is 0.0908. The van der Waals surface area contributed by atoms with E-state index in [9.17, 15) is 14.0 Å². The van der Waals surface area contributed by atoms with E-state index in [-0.39, 0.29) is 22.9 Å². The van der Waals surface area contributed by atoms with E-state index < -0.39 is 5.95 Å². The van der Waals surface area contributed by atoms with Gasteiger partial charge in [-0.25, -0.2) is 4.98 Å². The van der Waals surface area contributed by atoms with Gasteiger partial charge in [0.05, 0.1) is 0 Å². The van der Waals surface area contributed by atoms with Crippen LogP contribution in [-0.4, -0.2) is 57.7 Å². The van der Waals surface area contributed by atoms with Crippen molar-refractivity contribution in [1.82, 2.24) is 19.2 Å². The summed E-state index contributed by atoms with van der Waals surface area (Å²) in [4.78, 5) is 32.3. The van der Waals surface area contributed by atoms with Crippen molar-refractivity contribution in [3.63, 3.8) is 0 Å². The molecule has 0 atom stereocenters. The second-order valence-electron chi connectivity index (χ2n) is 7.65. The molecule has 0 saturated carbocycles. The minimum Gasteiger partial charge on any atom is -0.345 e. The Hall–Kier alpha value is -2.44. The van der Waals surface area contributed by atoms with Gasteiger partial charge in [0.25, 0.3) is 5.91 Å². The Balaban J connectivity index is 1.52. The van der Waals surface area contributed by atoms with Gasteiger partial charge in [-0.15, -0.1) is 0 Å². The number of fused-ring (bicyclic) bond motifs is 1. The molecule has 0 bridgehead atoms. The maximum Gasteiger partial charge on any atom is 0.277 e. The summed E-state index contributed by atoms with van der Waals surface area (Å²) in [5.41, 5.74) is 1.14. The largest absolute Gasteiger partial charge is 0.345 e. The number of halogens is 1. The minimum atomic E-state index is -0.591. The number of rotatable bonds is 1. The summed E-state index contributed by atoms with van der Waals surface area (Å²) in [6.45, 7) is 3.69. The van der Waals surface area contributed by atoms with Crippen LogP contribution in [0.5, 0.6) is 0 Å². The molecule has 138 valence electrons. The summed E-state index contributed by atoms with van der Waals surface area (Å²) in [6, 6.07) is 5.29. The highest BCUT2D eigenvalue weighted by atomic mass is 19.1. The number of hydrogen-bond acceptors (Lipinski definition) is 3. The topological polar surface area (TPSA) is 57.9 Å². The Bertz CT molecular complexity index is 883. The van der Waals surface area contributed by atoms with Gasteiger partial charge in [0.2, 0.25) is 11.9 Å². The van der Waals surface area contributed by atoms with Gasteiger partial charge in [-0.05, 0) is 43.7 Å². The van der Waals surface area contributed by atoms with E-state index in [1.54, 1.807) is 34.9 Å². The number of likely N-dealkylation sites (tertiary alicyclic amines) is 2. The molecule has 6 nitrogen and oxygen atoms in total. The highest BCUT2D eigenvalue weighted by Gasteiger charge is 2.41. The highest BCUT2D eigenvalue weighted by molar-refractivity contribution is 5.93. The van der Waals surface area contributed by atoms with Crippen molar-refractivity contribution in [2.24, 2.45) is 5.41 Å². The second kappa shape index (κ2) is 6.07. The summed E-state index contributed by atoms with van der Waals surface area (Å²) in [5.74, 6) is -0.747. The van der Waals surface area contributed by atoms with E-state index in [0.717, 1.165) is 25.8 Å². The molecule has 26 heavy (non-hydrogen) atoms. The van der Waals surface area contributed by atoms with E-state index in [2.05, 4.69) is 4.98 Å².